The van der Waals surface area contributed by atoms with Crippen molar-refractivity contribution in [1.82, 2.24) is 0 Å². The topological polar surface area (TPSA) is 69.1 Å². The van der Waals surface area contributed by atoms with E-state index in [1.807, 2.05) is 18.2 Å². The maximum Gasteiger partial charge on any atom is 0.131 e. The van der Waals surface area contributed by atoms with E-state index >= 15 is 0 Å². The van der Waals surface area contributed by atoms with Crippen LogP contribution in [-0.2, 0) is 4.79 Å². The summed E-state index contributed by atoms with van der Waals surface area (Å²) >= 11 is 0. The molecule has 1 rings (SSSR count). The average molecular weight is 166 g/mol. The molecule has 12 heavy (non-hydrogen) atoms. The lowest BCUT2D eigenvalue weighted by Crippen LogP contribution is -2.31. The van der Waals surface area contributed by atoms with Gasteiger partial charge in [-0.3, -0.25) is 0 Å². The molecule has 0 aromatic carbocycles. The molecule has 0 heterocycles. The molecule has 0 radical (unpaired) electrons. The molecule has 0 amide bonds. The Hall–Kier alpha value is -0.930. The van der Waals surface area contributed by atoms with E-state index in [1.165, 1.54) is 0 Å². The van der Waals surface area contributed by atoms with Crippen molar-refractivity contribution >= 4 is 6.29 Å². The van der Waals surface area contributed by atoms with Crippen LogP contribution in [0.2, 0.25) is 0 Å². The van der Waals surface area contributed by atoms with Gasteiger partial charge in [-0.1, -0.05) is 18.2 Å². The van der Waals surface area contributed by atoms with Crippen LogP contribution in [0.5, 0.6) is 0 Å². The van der Waals surface area contributed by atoms with Crippen molar-refractivity contribution < 1.29 is 4.79 Å². The van der Waals surface area contributed by atoms with Gasteiger partial charge in [0, 0.05) is 13.1 Å². The third-order valence-corrected chi connectivity index (χ3v) is 2.22. The molecule has 1 atom stereocenters. The van der Waals surface area contributed by atoms with Crippen LogP contribution in [-0.4, -0.2) is 19.4 Å². The number of hydrogen-bond acceptors (Lipinski definition) is 3. The number of carbonyl (C=O) groups excluding carboxylic acids is 1. The summed E-state index contributed by atoms with van der Waals surface area (Å²) in [5, 5.41) is 0. The molecule has 0 fully saturated rings. The zero-order valence-corrected chi connectivity index (χ0v) is 6.99. The first-order valence-electron chi connectivity index (χ1n) is 4.01. The third-order valence-electron chi connectivity index (χ3n) is 2.22. The fraction of sp³-hybridized carbons (Fsp3) is 0.444. The minimum absolute atomic E-state index is 0.362. The molecule has 0 aromatic heterocycles. The molecule has 4 N–H and O–H groups in total. The summed E-state index contributed by atoms with van der Waals surface area (Å²) < 4.78 is 0. The first-order valence-corrected chi connectivity index (χ1v) is 4.01. The lowest BCUT2D eigenvalue weighted by atomic mass is 9.81. The van der Waals surface area contributed by atoms with E-state index in [4.69, 9.17) is 11.5 Å². The van der Waals surface area contributed by atoms with Crippen LogP contribution in [0.15, 0.2) is 23.8 Å². The first-order chi connectivity index (χ1) is 5.76. The Morgan fingerprint density at radius 2 is 2.33 bits per heavy atom. The number of aldehydes is 1. The molecule has 0 spiro atoms. The number of nitrogens with two attached hydrogens (primary N) is 2. The predicted octanol–water partition coefficient (Wildman–Crippen LogP) is -0.0246. The van der Waals surface area contributed by atoms with Gasteiger partial charge in [-0.2, -0.15) is 0 Å². The largest absolute Gasteiger partial charge is 0.329 e. The van der Waals surface area contributed by atoms with Crippen molar-refractivity contribution in [2.24, 2.45) is 16.9 Å². The minimum Gasteiger partial charge on any atom is -0.329 e. The highest BCUT2D eigenvalue weighted by Crippen LogP contribution is 2.25. The Morgan fingerprint density at radius 1 is 1.58 bits per heavy atom. The monoisotopic (exact) mass is 166 g/mol. The summed E-state index contributed by atoms with van der Waals surface area (Å²) in [6.07, 6.45) is 7.29. The zero-order valence-electron chi connectivity index (χ0n) is 6.99. The Kier molecular flexibility index (Phi) is 2.78. The summed E-state index contributed by atoms with van der Waals surface area (Å²) in [7, 11) is 0. The molecule has 0 saturated carbocycles. The third kappa shape index (κ3) is 1.62. The van der Waals surface area contributed by atoms with Crippen molar-refractivity contribution in [1.29, 1.82) is 0 Å². The van der Waals surface area contributed by atoms with Crippen LogP contribution in [0.4, 0.5) is 0 Å². The Morgan fingerprint density at radius 3 is 2.67 bits per heavy atom. The Balaban J connectivity index is 2.74. The summed E-state index contributed by atoms with van der Waals surface area (Å²) in [5.41, 5.74) is 11.5. The van der Waals surface area contributed by atoms with Gasteiger partial charge in [0.25, 0.3) is 0 Å². The quantitative estimate of drug-likeness (QED) is 0.579. The highest BCUT2D eigenvalue weighted by Gasteiger charge is 2.25. The summed E-state index contributed by atoms with van der Waals surface area (Å²) in [5.74, 6) is 0. The maximum absolute atomic E-state index is 10.7. The van der Waals surface area contributed by atoms with Gasteiger partial charge >= 0.3 is 0 Å². The predicted molar refractivity (Wildman–Crippen MR) is 48.4 cm³/mol. The lowest BCUT2D eigenvalue weighted by molar-refractivity contribution is -0.113. The van der Waals surface area contributed by atoms with Crippen molar-refractivity contribution in [2.75, 3.05) is 13.1 Å². The minimum atomic E-state index is -0.474. The van der Waals surface area contributed by atoms with E-state index in [0.29, 0.717) is 19.5 Å². The molecule has 3 nitrogen and oxygen atoms in total. The molecule has 1 aliphatic rings. The molecule has 1 aliphatic carbocycles. The van der Waals surface area contributed by atoms with E-state index < -0.39 is 5.41 Å². The fourth-order valence-electron chi connectivity index (χ4n) is 1.17. The summed E-state index contributed by atoms with van der Waals surface area (Å²) in [6.45, 7) is 0.886. The van der Waals surface area contributed by atoms with Crippen LogP contribution in [0.3, 0.4) is 0 Å². The molecule has 1 unspecified atom stereocenters. The van der Waals surface area contributed by atoms with Crippen LogP contribution in [0.1, 0.15) is 6.42 Å². The van der Waals surface area contributed by atoms with Crippen LogP contribution < -0.4 is 11.5 Å². The fourth-order valence-corrected chi connectivity index (χ4v) is 1.17. The van der Waals surface area contributed by atoms with Crippen LogP contribution in [0, 0.1) is 5.41 Å². The van der Waals surface area contributed by atoms with Crippen molar-refractivity contribution in [3.8, 4) is 0 Å². The number of carbonyl (C=O) groups is 1. The second-order valence-corrected chi connectivity index (χ2v) is 3.08. The Labute approximate surface area is 72.1 Å². The van der Waals surface area contributed by atoms with Gasteiger partial charge in [0.1, 0.15) is 6.29 Å². The molecule has 0 saturated heterocycles. The standard InChI is InChI=1S/C9H14N2O/c10-5-8-1-3-9(6-11,7-12)4-2-8/h1-3,7H,4-6,10-11H2. The van der Waals surface area contributed by atoms with Gasteiger partial charge in [-0.15, -0.1) is 0 Å². The first kappa shape index (κ1) is 9.16. The smallest absolute Gasteiger partial charge is 0.131 e. The second-order valence-electron chi connectivity index (χ2n) is 3.08. The van der Waals surface area contributed by atoms with Crippen molar-refractivity contribution in [3.05, 3.63) is 23.8 Å². The van der Waals surface area contributed by atoms with Gasteiger partial charge in [-0.25, -0.2) is 0 Å². The number of hydrogen-bond donors (Lipinski definition) is 2. The van der Waals surface area contributed by atoms with Crippen LogP contribution >= 0.6 is 0 Å². The van der Waals surface area contributed by atoms with E-state index in [-0.39, 0.29) is 0 Å². The Bertz CT molecular complexity index is 233. The van der Waals surface area contributed by atoms with Gasteiger partial charge in [0.2, 0.25) is 0 Å². The number of rotatable bonds is 3. The number of allylic oxidation sites excluding steroid dienone is 1. The van der Waals surface area contributed by atoms with Gasteiger partial charge in [0.15, 0.2) is 0 Å². The molecule has 3 heteroatoms. The molecule has 0 aliphatic heterocycles. The lowest BCUT2D eigenvalue weighted by Gasteiger charge is -2.23. The van der Waals surface area contributed by atoms with E-state index in [1.54, 1.807) is 0 Å². The molecular weight excluding hydrogens is 152 g/mol. The zero-order chi connectivity index (χ0) is 9.03. The van der Waals surface area contributed by atoms with E-state index in [2.05, 4.69) is 0 Å². The van der Waals surface area contributed by atoms with Crippen molar-refractivity contribution in [2.45, 2.75) is 6.42 Å². The molecule has 0 aromatic rings. The highest BCUT2D eigenvalue weighted by atomic mass is 16.1. The molecule has 66 valence electrons. The van der Waals surface area contributed by atoms with Crippen molar-refractivity contribution in [3.63, 3.8) is 0 Å². The average Bonchev–Trinajstić information content (AvgIpc) is 2.18. The summed E-state index contributed by atoms with van der Waals surface area (Å²) in [6, 6.07) is 0. The van der Waals surface area contributed by atoms with Crippen LogP contribution in [0.25, 0.3) is 0 Å². The second kappa shape index (κ2) is 3.65. The molecular formula is C9H14N2O. The molecule has 0 bridgehead atoms. The summed E-state index contributed by atoms with van der Waals surface area (Å²) in [4.78, 5) is 10.7. The van der Waals surface area contributed by atoms with Gasteiger partial charge in [-0.05, 0) is 12.0 Å². The van der Waals surface area contributed by atoms with Gasteiger partial charge < -0.3 is 16.3 Å². The highest BCUT2D eigenvalue weighted by molar-refractivity contribution is 5.65. The SMILES string of the molecule is NCC1=CCC(C=O)(CN)C=C1. The maximum atomic E-state index is 10.7. The van der Waals surface area contributed by atoms with Gasteiger partial charge in [0.05, 0.1) is 5.41 Å². The van der Waals surface area contributed by atoms with E-state index in [0.717, 1.165) is 11.9 Å². The normalized spacial score (nSPS) is 28.3. The van der Waals surface area contributed by atoms with E-state index in [9.17, 15) is 4.79 Å².